The van der Waals surface area contributed by atoms with Gasteiger partial charge in [-0.05, 0) is 66.7 Å². The zero-order valence-electron chi connectivity index (χ0n) is 29.6. The number of rotatable bonds is 15. The van der Waals surface area contributed by atoms with Crippen LogP contribution in [-0.2, 0) is 54.5 Å². The number of para-hydroxylation sites is 1. The maximum Gasteiger partial charge on any atom is 1.00 e. The van der Waals surface area contributed by atoms with Gasteiger partial charge < -0.3 is 46.1 Å². The summed E-state index contributed by atoms with van der Waals surface area (Å²) in [6, 6.07) is 26.8. The second kappa shape index (κ2) is 30.2. The molecule has 25 heteroatoms. The average Bonchev–Trinajstić information content (AvgIpc) is 3.12. The first-order valence-electron chi connectivity index (χ1n) is 14.1. The Balaban J connectivity index is -0.000000937. The minimum atomic E-state index is -4.73. The van der Waals surface area contributed by atoms with E-state index < -0.39 is 75.8 Å². The molecule has 0 saturated carbocycles. The van der Waals surface area contributed by atoms with Crippen molar-refractivity contribution in [3.63, 3.8) is 0 Å². The van der Waals surface area contributed by atoms with Crippen molar-refractivity contribution in [3.05, 3.63) is 109 Å². The number of aliphatic carboxylic acids is 1. The molecule has 4 rings (SSSR count). The smallest absolute Gasteiger partial charge is 0.744 e. The number of carboxylic acid groups (broad SMARTS) is 1. The molecule has 0 aliphatic heterocycles. The Morgan fingerprint density at radius 3 is 1.55 bits per heavy atom. The summed E-state index contributed by atoms with van der Waals surface area (Å²) in [6.07, 6.45) is 0. The number of benzene rings is 4. The first-order valence-corrected chi connectivity index (χ1v) is 19.2. The molecule has 7 N–H and O–H groups in total. The number of anilines is 1. The van der Waals surface area contributed by atoms with Gasteiger partial charge in [0.05, 0.1) is 61.7 Å². The SMILES string of the molecule is O=C(O)CNC(CO)(CO)CO.O=S(=O)([O-])c1cccc([PH+](c2cccc(SOO[O-])c2)c2cccc(S(=O)(=O)[O-])c2)c1.[NH-]Nc1ccccc1.[Na+].[Na+].[Na+].[Tc]. The Hall–Kier alpha value is 0.0794. The van der Waals surface area contributed by atoms with Gasteiger partial charge >= 0.3 is 94.6 Å². The molecule has 0 unspecified atom stereocenters. The van der Waals surface area contributed by atoms with E-state index in [0.29, 0.717) is 32.9 Å². The summed E-state index contributed by atoms with van der Waals surface area (Å²) >= 11 is 0.647. The van der Waals surface area contributed by atoms with Crippen molar-refractivity contribution in [1.29, 1.82) is 0 Å². The van der Waals surface area contributed by atoms with Gasteiger partial charge in [-0.25, -0.2) is 16.8 Å². The van der Waals surface area contributed by atoms with Crippen molar-refractivity contribution in [2.24, 2.45) is 0 Å². The van der Waals surface area contributed by atoms with Crippen LogP contribution >= 0.6 is 20.0 Å². The van der Waals surface area contributed by atoms with Crippen LogP contribution < -0.4 is 121 Å². The van der Waals surface area contributed by atoms with Crippen LogP contribution in [0.2, 0.25) is 0 Å². The van der Waals surface area contributed by atoms with Gasteiger partial charge in [-0.3, -0.25) is 15.1 Å². The zero-order valence-corrected chi connectivity index (χ0v) is 40.9. The molecule has 285 valence electrons. The van der Waals surface area contributed by atoms with E-state index in [4.69, 9.17) is 26.3 Å². The van der Waals surface area contributed by atoms with Crippen LogP contribution in [0.3, 0.4) is 0 Å². The van der Waals surface area contributed by atoms with Crippen LogP contribution in [0.15, 0.2) is 118 Å². The second-order valence-electron chi connectivity index (χ2n) is 10.1. The van der Waals surface area contributed by atoms with Crippen LogP contribution in [0, 0.1) is 0 Å². The van der Waals surface area contributed by atoms with Gasteiger partial charge in [0, 0.05) is 30.7 Å². The topological polar surface area (TPSA) is 302 Å². The number of carboxylic acids is 1. The summed E-state index contributed by atoms with van der Waals surface area (Å²) < 4.78 is 73.4. The molecule has 0 atom stereocenters. The van der Waals surface area contributed by atoms with Gasteiger partial charge in [-0.2, -0.15) is 4.33 Å². The van der Waals surface area contributed by atoms with Gasteiger partial charge in [-0.15, -0.1) is 0 Å². The van der Waals surface area contributed by atoms with E-state index in [9.17, 15) is 36.0 Å². The molecular formula is C30H33N3Na3O14PS3Tc. The average molecular weight is 954 g/mol. The molecule has 55 heavy (non-hydrogen) atoms. The van der Waals surface area contributed by atoms with E-state index in [1.54, 1.807) is 36.4 Å². The Kier molecular flexibility index (Phi) is 32.6. The monoisotopic (exact) mass is 952 g/mol. The first-order chi connectivity index (χ1) is 24.1. The minimum Gasteiger partial charge on any atom is -0.744 e. The number of aliphatic hydroxyl groups is 3. The van der Waals surface area contributed by atoms with Crippen LogP contribution in [0.25, 0.3) is 5.84 Å². The maximum atomic E-state index is 11.5. The van der Waals surface area contributed by atoms with Crippen molar-refractivity contribution in [3.8, 4) is 0 Å². The van der Waals surface area contributed by atoms with E-state index in [0.717, 1.165) is 17.8 Å². The molecule has 17 nitrogen and oxygen atoms in total. The molecule has 0 spiro atoms. The van der Waals surface area contributed by atoms with E-state index in [1.807, 2.05) is 30.3 Å². The molecule has 1 radical (unpaired) electrons. The van der Waals surface area contributed by atoms with Crippen molar-refractivity contribution in [1.82, 2.24) is 5.32 Å². The van der Waals surface area contributed by atoms with Crippen molar-refractivity contribution in [2.75, 3.05) is 31.8 Å². The summed E-state index contributed by atoms with van der Waals surface area (Å²) in [5.41, 5.74) is 1.80. The summed E-state index contributed by atoms with van der Waals surface area (Å²) in [4.78, 5) is 9.70. The number of carbonyl (C=O) groups is 1. The van der Waals surface area contributed by atoms with Crippen LogP contribution in [0.4, 0.5) is 5.69 Å². The normalized spacial score (nSPS) is 10.7. The zero-order chi connectivity index (χ0) is 38.1. The Morgan fingerprint density at radius 1 is 0.745 bits per heavy atom. The standard InChI is InChI=1S/C18H15O9PS3.C6H7N2.C6H13NO5.3Na.Tc/c19-26-27-29-16-7-1-4-13(10-16)28(14-5-2-8-17(11-14)30(20,21)22)15-6-3-9-18(12-15)31(23,24)25;7-8-6-4-2-1-3-5-6;8-2-6(3-9,4-10)7-1-5(11)12;;;;/h1-12,19H,(H,20,21,22)(H,23,24,25);1-5,7-8H;7-10H,1-4H2,(H,11,12);;;;/q;-1;;3*+1;/p-2. The van der Waals surface area contributed by atoms with E-state index >= 15 is 0 Å². The molecule has 0 saturated heterocycles. The van der Waals surface area contributed by atoms with Crippen molar-refractivity contribution < 1.29 is 175 Å². The molecule has 0 amide bonds. The van der Waals surface area contributed by atoms with Gasteiger partial charge in [0.25, 0.3) is 0 Å². The van der Waals surface area contributed by atoms with E-state index in [2.05, 4.69) is 20.1 Å². The second-order valence-corrected chi connectivity index (χ2v) is 16.1. The predicted octanol–water partition coefficient (Wildman–Crippen LogP) is -9.33. The molecule has 0 aromatic heterocycles. The third-order valence-electron chi connectivity index (χ3n) is 6.54. The van der Waals surface area contributed by atoms with Gasteiger partial charge in [0.1, 0.15) is 36.1 Å². The van der Waals surface area contributed by atoms with Crippen LogP contribution in [-0.4, -0.2) is 84.2 Å². The fourth-order valence-corrected chi connectivity index (χ4v) is 8.42. The number of hydrogen-bond donors (Lipinski definition) is 6. The number of aliphatic hydroxyl groups excluding tert-OH is 3. The largest absolute Gasteiger partial charge is 1.00 e. The molecule has 4 aromatic rings. The summed E-state index contributed by atoms with van der Waals surface area (Å²) in [5, 5.41) is 51.8. The van der Waals surface area contributed by atoms with Gasteiger partial charge in [0.2, 0.25) is 0 Å². The fraction of sp³-hybridized carbons (Fsp3) is 0.167. The van der Waals surface area contributed by atoms with Gasteiger partial charge in [-0.1, -0.05) is 36.4 Å². The summed E-state index contributed by atoms with van der Waals surface area (Å²) in [7, 11) is -11.5. The quantitative estimate of drug-likeness (QED) is 0.0161. The molecule has 0 bridgehead atoms. The third-order valence-corrected chi connectivity index (χ3v) is 11.4. The van der Waals surface area contributed by atoms with Crippen LogP contribution in [0.5, 0.6) is 0 Å². The van der Waals surface area contributed by atoms with Crippen molar-refractivity contribution >= 4 is 67.8 Å². The summed E-state index contributed by atoms with van der Waals surface area (Å²) in [5.74, 6) is 5.58. The Bertz CT molecular complexity index is 1840. The Labute approximate surface area is 403 Å². The number of hydrogen-bond acceptors (Lipinski definition) is 16. The van der Waals surface area contributed by atoms with Crippen LogP contribution in [0.1, 0.15) is 0 Å². The number of nitrogens with one attached hydrogen (secondary N) is 3. The summed E-state index contributed by atoms with van der Waals surface area (Å²) in [6.45, 7) is -1.98. The molecule has 4 aromatic carbocycles. The maximum absolute atomic E-state index is 11.5. The molecule has 0 aliphatic carbocycles. The third kappa shape index (κ3) is 21.3. The molecule has 0 fully saturated rings. The van der Waals surface area contributed by atoms with Gasteiger partial charge in [0.15, 0.2) is 0 Å². The van der Waals surface area contributed by atoms with Crippen molar-refractivity contribution in [2.45, 2.75) is 20.2 Å². The van der Waals surface area contributed by atoms with E-state index in [-0.39, 0.29) is 109 Å². The Morgan fingerprint density at radius 2 is 1.18 bits per heavy atom. The molecular weight excluding hydrogens is 920 g/mol. The van der Waals surface area contributed by atoms with E-state index in [1.165, 1.54) is 24.3 Å². The minimum absolute atomic E-state index is 0. The molecule has 0 aliphatic rings. The first kappa shape index (κ1) is 59.4. The fourth-order valence-electron chi connectivity index (χ4n) is 3.97. The predicted molar refractivity (Wildman–Crippen MR) is 185 cm³/mol. The molecule has 0 heterocycles.